The molecular formula is C36H72N2. The van der Waals surface area contributed by atoms with Crippen molar-refractivity contribution in [3.05, 3.63) is 12.4 Å². The van der Waals surface area contributed by atoms with Gasteiger partial charge in [0.05, 0.1) is 0 Å². The number of hydrogen-bond acceptors (Lipinski definition) is 2. The molecule has 2 heteroatoms. The largest absolute Gasteiger partial charge is 0.356 e. The molecule has 0 N–H and O–H groups in total. The van der Waals surface area contributed by atoms with Crippen LogP contribution in [0.4, 0.5) is 0 Å². The molecule has 0 bridgehead atoms. The lowest BCUT2D eigenvalue weighted by molar-refractivity contribution is 0.114. The molecular weight excluding hydrogens is 460 g/mol. The van der Waals surface area contributed by atoms with Gasteiger partial charge in [-0.2, -0.15) is 0 Å². The summed E-state index contributed by atoms with van der Waals surface area (Å²) in [5.41, 5.74) is 0. The Hall–Kier alpha value is -0.660. The normalized spacial score (nSPS) is 15.4. The van der Waals surface area contributed by atoms with E-state index in [-0.39, 0.29) is 0 Å². The zero-order valence-corrected chi connectivity index (χ0v) is 27.0. The predicted octanol–water partition coefficient (Wildman–Crippen LogP) is 12.4. The molecule has 226 valence electrons. The van der Waals surface area contributed by atoms with E-state index in [0.717, 1.165) is 0 Å². The molecule has 1 aliphatic rings. The van der Waals surface area contributed by atoms with Gasteiger partial charge in [0.25, 0.3) is 0 Å². The van der Waals surface area contributed by atoms with E-state index in [2.05, 4.69) is 49.9 Å². The van der Waals surface area contributed by atoms with E-state index >= 15 is 0 Å². The molecule has 0 saturated carbocycles. The molecule has 0 radical (unpaired) electrons. The van der Waals surface area contributed by atoms with E-state index in [0.29, 0.717) is 12.2 Å². The molecule has 0 amide bonds. The summed E-state index contributed by atoms with van der Waals surface area (Å²) in [6.45, 7) is 10.6. The van der Waals surface area contributed by atoms with Crippen LogP contribution in [-0.2, 0) is 0 Å². The van der Waals surface area contributed by atoms with E-state index in [1.807, 2.05) is 0 Å². The third kappa shape index (κ3) is 19.4. The number of unbranched alkanes of at least 4 members (excludes halogenated alkanes) is 24. The smallest absolute Gasteiger partial charge is 0.101 e. The van der Waals surface area contributed by atoms with Gasteiger partial charge in [-0.05, 0) is 33.1 Å². The monoisotopic (exact) mass is 533 g/mol. The van der Waals surface area contributed by atoms with E-state index < -0.39 is 0 Å². The Labute approximate surface area is 241 Å². The summed E-state index contributed by atoms with van der Waals surface area (Å²) in [6.07, 6.45) is 44.2. The highest BCUT2D eigenvalue weighted by atomic mass is 15.4. The summed E-state index contributed by atoms with van der Waals surface area (Å²) in [5, 5.41) is 0. The Morgan fingerprint density at radius 1 is 0.447 bits per heavy atom. The molecule has 0 spiro atoms. The summed E-state index contributed by atoms with van der Waals surface area (Å²) < 4.78 is 0. The van der Waals surface area contributed by atoms with Crippen LogP contribution in [0.1, 0.15) is 201 Å². The summed E-state index contributed by atoms with van der Waals surface area (Å²) in [4.78, 5) is 5.28. The topological polar surface area (TPSA) is 6.48 Å². The quantitative estimate of drug-likeness (QED) is 0.0884. The minimum atomic E-state index is 0.607. The Morgan fingerprint density at radius 2 is 0.789 bits per heavy atom. The maximum Gasteiger partial charge on any atom is 0.101 e. The van der Waals surface area contributed by atoms with Crippen molar-refractivity contribution in [3.63, 3.8) is 0 Å². The van der Waals surface area contributed by atoms with Gasteiger partial charge < -0.3 is 9.80 Å². The first kappa shape index (κ1) is 35.4. The van der Waals surface area contributed by atoms with Gasteiger partial charge in [-0.1, -0.05) is 168 Å². The molecule has 1 unspecified atom stereocenters. The lowest BCUT2D eigenvalue weighted by Crippen LogP contribution is -2.42. The Morgan fingerprint density at radius 3 is 1.16 bits per heavy atom. The zero-order chi connectivity index (χ0) is 27.5. The first-order valence-corrected chi connectivity index (χ1v) is 17.9. The maximum atomic E-state index is 2.66. The molecule has 1 rings (SSSR count). The van der Waals surface area contributed by atoms with Crippen molar-refractivity contribution in [2.45, 2.75) is 213 Å². The third-order valence-corrected chi connectivity index (χ3v) is 8.84. The molecule has 1 heterocycles. The van der Waals surface area contributed by atoms with Crippen LogP contribution in [-0.4, -0.2) is 28.6 Å². The second kappa shape index (κ2) is 26.6. The number of rotatable bonds is 29. The van der Waals surface area contributed by atoms with Crippen molar-refractivity contribution >= 4 is 0 Å². The van der Waals surface area contributed by atoms with Gasteiger partial charge in [0, 0.05) is 25.0 Å². The van der Waals surface area contributed by atoms with Crippen molar-refractivity contribution in [2.24, 2.45) is 0 Å². The van der Waals surface area contributed by atoms with E-state index in [4.69, 9.17) is 0 Å². The molecule has 0 aromatic rings. The standard InChI is InChI=1S/C36H72N2/c1-5-7-9-11-13-15-17-18-19-20-21-22-24-26-28-30-32-37-33-34-38(35(3)4)36(37)31-29-27-25-23-16-14-12-10-8-6-2/h33-36H,5-32H2,1-4H3. The minimum absolute atomic E-state index is 0.607. The summed E-state index contributed by atoms with van der Waals surface area (Å²) in [5.74, 6) is 0. The zero-order valence-electron chi connectivity index (χ0n) is 27.0. The van der Waals surface area contributed by atoms with Crippen LogP contribution in [0.2, 0.25) is 0 Å². The van der Waals surface area contributed by atoms with Gasteiger partial charge in [0.1, 0.15) is 6.17 Å². The maximum absolute atomic E-state index is 2.66. The molecule has 0 aliphatic carbocycles. The third-order valence-electron chi connectivity index (χ3n) is 8.84. The molecule has 1 atom stereocenters. The summed E-state index contributed by atoms with van der Waals surface area (Å²) in [7, 11) is 0. The van der Waals surface area contributed by atoms with Gasteiger partial charge in [-0.25, -0.2) is 0 Å². The highest BCUT2D eigenvalue weighted by molar-refractivity contribution is 4.98. The van der Waals surface area contributed by atoms with Gasteiger partial charge in [-0.15, -0.1) is 0 Å². The summed E-state index contributed by atoms with van der Waals surface area (Å²) in [6, 6.07) is 0.607. The molecule has 0 aromatic carbocycles. The first-order chi connectivity index (χ1) is 18.7. The average molecular weight is 533 g/mol. The van der Waals surface area contributed by atoms with Gasteiger partial charge in [-0.3, -0.25) is 0 Å². The molecule has 38 heavy (non-hydrogen) atoms. The van der Waals surface area contributed by atoms with Gasteiger partial charge in [0.2, 0.25) is 0 Å². The second-order valence-electron chi connectivity index (χ2n) is 12.8. The van der Waals surface area contributed by atoms with Crippen LogP contribution >= 0.6 is 0 Å². The summed E-state index contributed by atoms with van der Waals surface area (Å²) >= 11 is 0. The average Bonchev–Trinajstić information content (AvgIpc) is 3.32. The van der Waals surface area contributed by atoms with E-state index in [9.17, 15) is 0 Å². The Kier molecular flexibility index (Phi) is 24.7. The van der Waals surface area contributed by atoms with Crippen molar-refractivity contribution < 1.29 is 0 Å². The van der Waals surface area contributed by atoms with Crippen molar-refractivity contribution in [2.75, 3.05) is 6.54 Å². The fraction of sp³-hybridized carbons (Fsp3) is 0.944. The lowest BCUT2D eigenvalue weighted by atomic mass is 10.0. The molecule has 0 aromatic heterocycles. The number of nitrogens with zero attached hydrogens (tertiary/aromatic N) is 2. The molecule has 0 fully saturated rings. The van der Waals surface area contributed by atoms with E-state index in [1.165, 1.54) is 180 Å². The van der Waals surface area contributed by atoms with Crippen LogP contribution in [0.3, 0.4) is 0 Å². The van der Waals surface area contributed by atoms with Crippen LogP contribution in [0, 0.1) is 0 Å². The van der Waals surface area contributed by atoms with Crippen LogP contribution in [0.25, 0.3) is 0 Å². The highest BCUT2D eigenvalue weighted by Gasteiger charge is 2.26. The van der Waals surface area contributed by atoms with Crippen LogP contribution in [0.5, 0.6) is 0 Å². The molecule has 0 saturated heterocycles. The SMILES string of the molecule is CCCCCCCCCCCCCCCCCCN1C=CN(C(C)C)C1CCCCCCCCCCCC. The Bertz CT molecular complexity index is 500. The van der Waals surface area contributed by atoms with Gasteiger partial charge in [0.15, 0.2) is 0 Å². The van der Waals surface area contributed by atoms with Crippen molar-refractivity contribution in [3.8, 4) is 0 Å². The lowest BCUT2D eigenvalue weighted by Gasteiger charge is -2.35. The highest BCUT2D eigenvalue weighted by Crippen LogP contribution is 2.25. The van der Waals surface area contributed by atoms with Gasteiger partial charge >= 0.3 is 0 Å². The minimum Gasteiger partial charge on any atom is -0.356 e. The van der Waals surface area contributed by atoms with Crippen molar-refractivity contribution in [1.82, 2.24) is 9.80 Å². The fourth-order valence-corrected chi connectivity index (χ4v) is 6.24. The van der Waals surface area contributed by atoms with Crippen LogP contribution in [0.15, 0.2) is 12.4 Å². The first-order valence-electron chi connectivity index (χ1n) is 17.9. The fourth-order valence-electron chi connectivity index (χ4n) is 6.24. The number of hydrogen-bond donors (Lipinski definition) is 0. The second-order valence-corrected chi connectivity index (χ2v) is 12.8. The Balaban J connectivity index is 1.99. The molecule has 1 aliphatic heterocycles. The van der Waals surface area contributed by atoms with Crippen molar-refractivity contribution in [1.29, 1.82) is 0 Å². The predicted molar refractivity (Wildman–Crippen MR) is 173 cm³/mol. The van der Waals surface area contributed by atoms with E-state index in [1.54, 1.807) is 0 Å². The van der Waals surface area contributed by atoms with Crippen LogP contribution < -0.4 is 0 Å². The molecule has 2 nitrogen and oxygen atoms in total.